The van der Waals surface area contributed by atoms with E-state index in [0.29, 0.717) is 6.04 Å². The van der Waals surface area contributed by atoms with E-state index in [0.717, 1.165) is 24.0 Å². The molecule has 84 valence electrons. The monoisotopic (exact) mass is 217 g/mol. The zero-order chi connectivity index (χ0) is 10.4. The average Bonchev–Trinajstić information content (AvgIpc) is 2.70. The zero-order valence-electron chi connectivity index (χ0n) is 9.42. The summed E-state index contributed by atoms with van der Waals surface area (Å²) in [5.74, 6) is 2.47. The summed E-state index contributed by atoms with van der Waals surface area (Å²) in [6, 6.07) is 0.617. The Kier molecular flexibility index (Phi) is 5.71. The number of hydrogen-bond donors (Lipinski definition) is 1. The first-order valence-corrected chi connectivity index (χ1v) is 7.31. The lowest BCUT2D eigenvalue weighted by atomic mass is 10.00. The van der Waals surface area contributed by atoms with Gasteiger partial charge in [0.2, 0.25) is 0 Å². The van der Waals surface area contributed by atoms with E-state index in [1.807, 2.05) is 6.92 Å². The van der Waals surface area contributed by atoms with Gasteiger partial charge in [0.15, 0.2) is 0 Å². The summed E-state index contributed by atoms with van der Waals surface area (Å²) in [6.45, 7) is 5.17. The van der Waals surface area contributed by atoms with Crippen molar-refractivity contribution in [3.63, 3.8) is 0 Å². The Morgan fingerprint density at radius 3 is 2.64 bits per heavy atom. The van der Waals surface area contributed by atoms with Crippen LogP contribution in [0.2, 0.25) is 0 Å². The molecule has 0 spiro atoms. The number of hydrogen-bond acceptors (Lipinski definition) is 2. The molecule has 1 saturated carbocycles. The molecule has 1 rings (SSSR count). The summed E-state index contributed by atoms with van der Waals surface area (Å²) in [5.41, 5.74) is 0. The molecule has 1 aliphatic rings. The van der Waals surface area contributed by atoms with Crippen molar-refractivity contribution in [3.05, 3.63) is 0 Å². The highest BCUT2D eigenvalue weighted by atomic mass is 32.2. The molecular formula is C11H23NOS. The van der Waals surface area contributed by atoms with Crippen molar-refractivity contribution >= 4 is 10.8 Å². The van der Waals surface area contributed by atoms with Gasteiger partial charge in [-0.05, 0) is 25.7 Å². The highest BCUT2D eigenvalue weighted by molar-refractivity contribution is 7.84. The molecule has 1 fully saturated rings. The maximum atomic E-state index is 11.2. The van der Waals surface area contributed by atoms with Gasteiger partial charge in [0.1, 0.15) is 0 Å². The van der Waals surface area contributed by atoms with Crippen LogP contribution in [-0.4, -0.2) is 28.3 Å². The second-order valence-electron chi connectivity index (χ2n) is 4.22. The van der Waals surface area contributed by atoms with Crippen LogP contribution in [0.4, 0.5) is 0 Å². The van der Waals surface area contributed by atoms with E-state index in [4.69, 9.17) is 0 Å². The van der Waals surface area contributed by atoms with Crippen LogP contribution in [0, 0.1) is 5.92 Å². The second kappa shape index (κ2) is 6.57. The second-order valence-corrected chi connectivity index (χ2v) is 6.09. The molecule has 3 heteroatoms. The van der Waals surface area contributed by atoms with Crippen molar-refractivity contribution in [3.8, 4) is 0 Å². The van der Waals surface area contributed by atoms with Crippen LogP contribution in [0.15, 0.2) is 0 Å². The predicted molar refractivity (Wildman–Crippen MR) is 63.0 cm³/mol. The molecule has 0 aliphatic heterocycles. The van der Waals surface area contributed by atoms with Crippen LogP contribution in [0.1, 0.15) is 39.5 Å². The Morgan fingerprint density at radius 1 is 1.43 bits per heavy atom. The first-order valence-electron chi connectivity index (χ1n) is 5.82. The molecule has 0 amide bonds. The van der Waals surface area contributed by atoms with E-state index < -0.39 is 10.8 Å². The molecule has 14 heavy (non-hydrogen) atoms. The van der Waals surface area contributed by atoms with Crippen LogP contribution in [-0.2, 0) is 10.8 Å². The van der Waals surface area contributed by atoms with E-state index in [2.05, 4.69) is 12.2 Å². The van der Waals surface area contributed by atoms with Crippen LogP contribution in [0.5, 0.6) is 0 Å². The van der Waals surface area contributed by atoms with Crippen LogP contribution in [0.3, 0.4) is 0 Å². The van der Waals surface area contributed by atoms with Gasteiger partial charge in [0.05, 0.1) is 0 Å². The summed E-state index contributed by atoms with van der Waals surface area (Å²) in [7, 11) is -0.607. The quantitative estimate of drug-likeness (QED) is 0.736. The Hall–Kier alpha value is 0.110. The normalized spacial score (nSPS) is 22.4. The van der Waals surface area contributed by atoms with Crippen molar-refractivity contribution in [2.24, 2.45) is 5.92 Å². The van der Waals surface area contributed by atoms with Gasteiger partial charge in [0.25, 0.3) is 0 Å². The minimum atomic E-state index is -0.607. The molecule has 2 nitrogen and oxygen atoms in total. The van der Waals surface area contributed by atoms with Gasteiger partial charge in [-0.25, -0.2) is 0 Å². The van der Waals surface area contributed by atoms with Gasteiger partial charge >= 0.3 is 0 Å². The van der Waals surface area contributed by atoms with Crippen molar-refractivity contribution in [1.82, 2.24) is 5.32 Å². The van der Waals surface area contributed by atoms with Crippen LogP contribution >= 0.6 is 0 Å². The molecule has 0 bridgehead atoms. The van der Waals surface area contributed by atoms with E-state index in [-0.39, 0.29) is 0 Å². The van der Waals surface area contributed by atoms with Gasteiger partial charge in [-0.2, -0.15) is 0 Å². The first-order chi connectivity index (χ1) is 6.74. The molecule has 0 aromatic heterocycles. The fraction of sp³-hybridized carbons (Fsp3) is 1.00. The molecule has 1 N–H and O–H groups in total. The summed E-state index contributed by atoms with van der Waals surface area (Å²) in [5, 5.41) is 3.50. The molecule has 0 aromatic carbocycles. The van der Waals surface area contributed by atoms with E-state index in [1.165, 1.54) is 25.7 Å². The summed E-state index contributed by atoms with van der Waals surface area (Å²) < 4.78 is 11.2. The van der Waals surface area contributed by atoms with Gasteiger partial charge in [0, 0.05) is 34.9 Å². The Morgan fingerprint density at radius 2 is 2.07 bits per heavy atom. The van der Waals surface area contributed by atoms with Gasteiger partial charge in [-0.1, -0.05) is 19.8 Å². The Balaban J connectivity index is 2.08. The van der Waals surface area contributed by atoms with Crippen molar-refractivity contribution < 1.29 is 4.21 Å². The molecule has 2 atom stereocenters. The lowest BCUT2D eigenvalue weighted by Gasteiger charge is -2.20. The smallest absolute Gasteiger partial charge is 0.0360 e. The maximum Gasteiger partial charge on any atom is 0.0360 e. The van der Waals surface area contributed by atoms with Crippen LogP contribution < -0.4 is 5.32 Å². The predicted octanol–water partition coefficient (Wildman–Crippen LogP) is 1.92. The van der Waals surface area contributed by atoms with Crippen molar-refractivity contribution in [2.75, 3.05) is 18.1 Å². The topological polar surface area (TPSA) is 29.1 Å². The molecule has 0 radical (unpaired) electrons. The Bertz CT molecular complexity index is 178. The lowest BCUT2D eigenvalue weighted by molar-refractivity contribution is 0.389. The zero-order valence-corrected chi connectivity index (χ0v) is 10.2. The molecular weight excluding hydrogens is 194 g/mol. The van der Waals surface area contributed by atoms with Gasteiger partial charge < -0.3 is 5.32 Å². The van der Waals surface area contributed by atoms with E-state index >= 15 is 0 Å². The summed E-state index contributed by atoms with van der Waals surface area (Å²) in [6.07, 6.45) is 5.56. The molecule has 0 heterocycles. The number of nitrogens with one attached hydrogen (secondary N) is 1. The van der Waals surface area contributed by atoms with Gasteiger partial charge in [-0.15, -0.1) is 0 Å². The molecule has 0 saturated heterocycles. The number of rotatable bonds is 6. The summed E-state index contributed by atoms with van der Waals surface area (Å²) in [4.78, 5) is 0. The standard InChI is InChI=1S/C11H23NOS/c1-3-14(13)9-8-12-10(2)11-6-4-5-7-11/h10-12H,3-9H2,1-2H3. The lowest BCUT2D eigenvalue weighted by Crippen LogP contribution is -2.35. The fourth-order valence-corrected chi connectivity index (χ4v) is 2.80. The Labute approximate surface area is 90.3 Å². The first kappa shape index (κ1) is 12.2. The van der Waals surface area contributed by atoms with E-state index in [1.54, 1.807) is 0 Å². The largest absolute Gasteiger partial charge is 0.313 e. The average molecular weight is 217 g/mol. The molecule has 1 aliphatic carbocycles. The molecule has 2 unspecified atom stereocenters. The SMILES string of the molecule is CCS(=O)CCNC(C)C1CCCC1. The van der Waals surface area contributed by atoms with Gasteiger partial charge in [-0.3, -0.25) is 4.21 Å². The van der Waals surface area contributed by atoms with E-state index in [9.17, 15) is 4.21 Å². The molecule has 0 aromatic rings. The highest BCUT2D eigenvalue weighted by Gasteiger charge is 2.20. The van der Waals surface area contributed by atoms with Crippen molar-refractivity contribution in [2.45, 2.75) is 45.6 Å². The van der Waals surface area contributed by atoms with Crippen LogP contribution in [0.25, 0.3) is 0 Å². The van der Waals surface area contributed by atoms with Crippen molar-refractivity contribution in [1.29, 1.82) is 0 Å². The third kappa shape index (κ3) is 4.09. The minimum Gasteiger partial charge on any atom is -0.313 e. The third-order valence-corrected chi connectivity index (χ3v) is 4.53. The third-order valence-electron chi connectivity index (χ3n) is 3.22. The maximum absolute atomic E-state index is 11.2. The fourth-order valence-electron chi connectivity index (χ4n) is 2.17. The summed E-state index contributed by atoms with van der Waals surface area (Å²) >= 11 is 0. The minimum absolute atomic E-state index is 0.607. The highest BCUT2D eigenvalue weighted by Crippen LogP contribution is 2.27.